The van der Waals surface area contributed by atoms with Gasteiger partial charge in [-0.05, 0) is 42.9 Å². The standard InChI is InChI=1S/C24H22F3N3O4/c1-34-22-19-14(7-17(27)20(22)29-9-13(28)8-24(11-29)4-5-24)21(31)15(23(32)33)10-30(19)18-3-2-12(25)6-16(18)26/h2-3,6-7,10,13H,4-5,8-9,11,28H2,1H3,(H,32,33). The normalized spacial score (nSPS) is 19.0. The number of nitrogens with zero attached hydrogens (tertiary/aromatic N) is 2. The average molecular weight is 473 g/mol. The average Bonchev–Trinajstić information content (AvgIpc) is 3.50. The molecule has 7 nitrogen and oxygen atoms in total. The van der Waals surface area contributed by atoms with Gasteiger partial charge in [-0.3, -0.25) is 4.79 Å². The molecule has 3 N–H and O–H groups in total. The second-order valence-corrected chi connectivity index (χ2v) is 9.12. The van der Waals surface area contributed by atoms with Gasteiger partial charge in [0.05, 0.1) is 18.2 Å². The molecular weight excluding hydrogens is 451 g/mol. The maximum Gasteiger partial charge on any atom is 0.341 e. The first kappa shape index (κ1) is 22.3. The summed E-state index contributed by atoms with van der Waals surface area (Å²) in [6, 6.07) is 3.50. The van der Waals surface area contributed by atoms with Gasteiger partial charge in [0, 0.05) is 31.4 Å². The Kier molecular flexibility index (Phi) is 5.09. The van der Waals surface area contributed by atoms with Gasteiger partial charge >= 0.3 is 5.97 Å². The zero-order valence-corrected chi connectivity index (χ0v) is 18.3. The molecule has 2 aliphatic rings. The van der Waals surface area contributed by atoms with E-state index in [4.69, 9.17) is 10.5 Å². The molecule has 3 aromatic rings. The molecule has 1 saturated heterocycles. The van der Waals surface area contributed by atoms with E-state index in [0.29, 0.717) is 19.2 Å². The zero-order valence-electron chi connectivity index (χ0n) is 18.3. The number of pyridine rings is 1. The van der Waals surface area contributed by atoms with Gasteiger partial charge < -0.3 is 25.0 Å². The van der Waals surface area contributed by atoms with Crippen LogP contribution in [0.1, 0.15) is 29.6 Å². The highest BCUT2D eigenvalue weighted by atomic mass is 19.1. The highest BCUT2D eigenvalue weighted by Crippen LogP contribution is 2.53. The fraction of sp³-hybridized carbons (Fsp3) is 0.333. The lowest BCUT2D eigenvalue weighted by Gasteiger charge is -2.39. The maximum atomic E-state index is 15.5. The van der Waals surface area contributed by atoms with Crippen LogP contribution in [0.3, 0.4) is 0 Å². The number of carbonyl (C=O) groups is 1. The molecule has 1 saturated carbocycles. The summed E-state index contributed by atoms with van der Waals surface area (Å²) in [5.74, 6) is -4.23. The van der Waals surface area contributed by atoms with Gasteiger partial charge in [0.25, 0.3) is 0 Å². The van der Waals surface area contributed by atoms with Gasteiger partial charge in [-0.1, -0.05) is 0 Å². The first-order valence-electron chi connectivity index (χ1n) is 10.8. The minimum atomic E-state index is -1.57. The van der Waals surface area contributed by atoms with Gasteiger partial charge in [0.1, 0.15) is 28.4 Å². The summed E-state index contributed by atoms with van der Waals surface area (Å²) >= 11 is 0. The van der Waals surface area contributed by atoms with E-state index in [1.54, 1.807) is 4.90 Å². The molecule has 0 bridgehead atoms. The Hall–Kier alpha value is -3.53. The maximum absolute atomic E-state index is 15.5. The number of carboxylic acids is 1. The molecule has 2 aromatic carbocycles. The van der Waals surface area contributed by atoms with Crippen LogP contribution in [0.5, 0.6) is 5.75 Å². The number of hydrogen-bond donors (Lipinski definition) is 2. The minimum Gasteiger partial charge on any atom is -0.492 e. The second-order valence-electron chi connectivity index (χ2n) is 9.12. The summed E-state index contributed by atoms with van der Waals surface area (Å²) in [6.07, 6.45) is 3.72. The second kappa shape index (κ2) is 7.76. The number of nitrogens with two attached hydrogens (primary N) is 1. The molecule has 1 atom stereocenters. The van der Waals surface area contributed by atoms with Gasteiger partial charge in [-0.25, -0.2) is 18.0 Å². The van der Waals surface area contributed by atoms with Crippen LogP contribution in [-0.4, -0.2) is 41.9 Å². The molecule has 2 heterocycles. The van der Waals surface area contributed by atoms with Crippen LogP contribution in [-0.2, 0) is 0 Å². The van der Waals surface area contributed by atoms with Crippen molar-refractivity contribution >= 4 is 22.6 Å². The van der Waals surface area contributed by atoms with Crippen molar-refractivity contribution in [2.45, 2.75) is 25.3 Å². The molecule has 0 radical (unpaired) electrons. The smallest absolute Gasteiger partial charge is 0.341 e. The fourth-order valence-corrected chi connectivity index (χ4v) is 5.07. The largest absolute Gasteiger partial charge is 0.492 e. The highest BCUT2D eigenvalue weighted by Gasteiger charge is 2.48. The molecule has 1 aliphatic heterocycles. The minimum absolute atomic E-state index is 0.0000273. The first-order chi connectivity index (χ1) is 16.1. The Morgan fingerprint density at radius 3 is 2.56 bits per heavy atom. The predicted molar refractivity (Wildman–Crippen MR) is 119 cm³/mol. The lowest BCUT2D eigenvalue weighted by atomic mass is 9.91. The van der Waals surface area contributed by atoms with Gasteiger partial charge in [-0.15, -0.1) is 0 Å². The summed E-state index contributed by atoms with van der Waals surface area (Å²) in [6.45, 7) is 0.894. The number of aromatic carboxylic acids is 1. The van der Waals surface area contributed by atoms with E-state index in [2.05, 4.69) is 0 Å². The molecule has 1 spiro atoms. The number of fused-ring (bicyclic) bond motifs is 1. The predicted octanol–water partition coefficient (Wildman–Crippen LogP) is 3.43. The number of aromatic nitrogens is 1. The number of piperidine rings is 1. The summed E-state index contributed by atoms with van der Waals surface area (Å²) < 4.78 is 50.6. The van der Waals surface area contributed by atoms with E-state index in [1.807, 2.05) is 0 Å². The number of carboxylic acid groups (broad SMARTS) is 1. The van der Waals surface area contributed by atoms with Crippen LogP contribution in [0.15, 0.2) is 35.3 Å². The molecule has 1 aliphatic carbocycles. The Labute approximate surface area is 192 Å². The molecule has 5 rings (SSSR count). The number of benzene rings is 2. The third-order valence-corrected chi connectivity index (χ3v) is 6.72. The third kappa shape index (κ3) is 3.49. The van der Waals surface area contributed by atoms with E-state index in [-0.39, 0.29) is 39.5 Å². The van der Waals surface area contributed by atoms with Crippen molar-refractivity contribution in [3.63, 3.8) is 0 Å². The Balaban J connectivity index is 1.85. The van der Waals surface area contributed by atoms with Crippen molar-refractivity contribution < 1.29 is 27.8 Å². The van der Waals surface area contributed by atoms with Crippen LogP contribution in [0.25, 0.3) is 16.6 Å². The van der Waals surface area contributed by atoms with Crippen molar-refractivity contribution in [1.29, 1.82) is 0 Å². The molecule has 0 amide bonds. The number of ether oxygens (including phenoxy) is 1. The molecule has 10 heteroatoms. The SMILES string of the molecule is COc1c(N2CC(N)CC3(CC3)C2)c(F)cc2c(=O)c(C(=O)O)cn(-c3ccc(F)cc3F)c12. The molecule has 2 fully saturated rings. The quantitative estimate of drug-likeness (QED) is 0.603. The molecular formula is C24H22F3N3O4. The van der Waals surface area contributed by atoms with Gasteiger partial charge in [0.15, 0.2) is 11.6 Å². The Morgan fingerprint density at radius 2 is 1.94 bits per heavy atom. The number of hydrogen-bond acceptors (Lipinski definition) is 5. The van der Waals surface area contributed by atoms with Crippen LogP contribution in [0.2, 0.25) is 0 Å². The van der Waals surface area contributed by atoms with Crippen molar-refractivity contribution in [2.75, 3.05) is 25.1 Å². The molecule has 1 aromatic heterocycles. The van der Waals surface area contributed by atoms with E-state index >= 15 is 4.39 Å². The van der Waals surface area contributed by atoms with Crippen molar-refractivity contribution in [1.82, 2.24) is 4.57 Å². The van der Waals surface area contributed by atoms with E-state index in [9.17, 15) is 23.5 Å². The third-order valence-electron chi connectivity index (χ3n) is 6.72. The number of rotatable bonds is 4. The fourth-order valence-electron chi connectivity index (χ4n) is 5.07. The van der Waals surface area contributed by atoms with Crippen LogP contribution >= 0.6 is 0 Å². The van der Waals surface area contributed by atoms with Gasteiger partial charge in [0.2, 0.25) is 5.43 Å². The number of halogens is 3. The monoisotopic (exact) mass is 473 g/mol. The summed E-state index contributed by atoms with van der Waals surface area (Å²) in [5, 5.41) is 9.24. The topological polar surface area (TPSA) is 97.8 Å². The van der Waals surface area contributed by atoms with Crippen LogP contribution in [0.4, 0.5) is 18.9 Å². The van der Waals surface area contributed by atoms with Crippen LogP contribution in [0, 0.1) is 22.9 Å². The Bertz CT molecular complexity index is 1400. The summed E-state index contributed by atoms with van der Waals surface area (Å²) in [5.41, 5.74) is 4.43. The lowest BCUT2D eigenvalue weighted by Crippen LogP contribution is -2.48. The van der Waals surface area contributed by atoms with Gasteiger partial charge in [-0.2, -0.15) is 0 Å². The number of methoxy groups -OCH3 is 1. The Morgan fingerprint density at radius 1 is 1.21 bits per heavy atom. The molecule has 178 valence electrons. The van der Waals surface area contributed by atoms with Crippen LogP contribution < -0.4 is 20.8 Å². The van der Waals surface area contributed by atoms with E-state index < -0.39 is 34.4 Å². The van der Waals surface area contributed by atoms with Crippen molar-refractivity contribution in [3.8, 4) is 11.4 Å². The molecule has 34 heavy (non-hydrogen) atoms. The zero-order chi connectivity index (χ0) is 24.4. The lowest BCUT2D eigenvalue weighted by molar-refractivity contribution is 0.0695. The molecule has 1 unspecified atom stereocenters. The van der Waals surface area contributed by atoms with Crippen molar-refractivity contribution in [3.05, 3.63) is 63.7 Å². The number of anilines is 1. The summed E-state index contributed by atoms with van der Waals surface area (Å²) in [7, 11) is 1.29. The van der Waals surface area contributed by atoms with E-state index in [1.165, 1.54) is 7.11 Å². The summed E-state index contributed by atoms with van der Waals surface area (Å²) in [4.78, 5) is 26.5. The van der Waals surface area contributed by atoms with Crippen molar-refractivity contribution in [2.24, 2.45) is 11.1 Å². The first-order valence-corrected chi connectivity index (χ1v) is 10.8. The highest BCUT2D eigenvalue weighted by molar-refractivity contribution is 5.97. The van der Waals surface area contributed by atoms with E-state index in [0.717, 1.165) is 48.2 Å².